The first-order valence-corrected chi connectivity index (χ1v) is 12.4. The largest absolute Gasteiger partial charge is 0.448 e. The van der Waals surface area contributed by atoms with E-state index in [1.807, 2.05) is 31.9 Å². The van der Waals surface area contributed by atoms with E-state index in [0.717, 1.165) is 29.9 Å². The smallest absolute Gasteiger partial charge is 0.416 e. The maximum absolute atomic E-state index is 13.4. The van der Waals surface area contributed by atoms with Crippen molar-refractivity contribution in [3.05, 3.63) is 45.2 Å². The van der Waals surface area contributed by atoms with Gasteiger partial charge in [0.1, 0.15) is 6.61 Å². The summed E-state index contributed by atoms with van der Waals surface area (Å²) in [6.07, 6.45) is -1.20. The fourth-order valence-corrected chi connectivity index (χ4v) is 4.73. The number of aromatic nitrogens is 1. The van der Waals surface area contributed by atoms with Crippen LogP contribution in [0.2, 0.25) is 0 Å². The molecule has 2 aliphatic heterocycles. The zero-order chi connectivity index (χ0) is 25.4. The number of ether oxygens (including phenoxy) is 1. The van der Waals surface area contributed by atoms with Crippen LogP contribution in [0.15, 0.2) is 29.4 Å². The zero-order valence-corrected chi connectivity index (χ0v) is 20.8. The Hall–Kier alpha value is -2.82. The molecule has 2 saturated heterocycles. The summed E-state index contributed by atoms with van der Waals surface area (Å²) >= 11 is 1.30. The fraction of sp³-hybridized carbons (Fsp3) is 0.542. The molecule has 0 spiro atoms. The highest BCUT2D eigenvalue weighted by Crippen LogP contribution is 2.34. The summed E-state index contributed by atoms with van der Waals surface area (Å²) in [6.45, 7) is 9.17. The molecule has 2 fully saturated rings. The van der Waals surface area contributed by atoms with Crippen molar-refractivity contribution in [2.24, 2.45) is 4.99 Å². The average Bonchev–Trinajstić information content (AvgIpc) is 3.08. The Morgan fingerprint density at radius 1 is 1.09 bits per heavy atom. The van der Waals surface area contributed by atoms with Gasteiger partial charge < -0.3 is 19.1 Å². The molecule has 190 valence electrons. The van der Waals surface area contributed by atoms with Crippen molar-refractivity contribution in [1.82, 2.24) is 9.47 Å². The Kier molecular flexibility index (Phi) is 6.99. The standard InChI is InChI=1S/C24H29F3N4O3S/c1-23(2,3)19-15-31(12-13-34-22(33)30-10-5-11-30)21(35-19)28-20(32)17-14-16(24(25,26)27)6-7-18(17)29-8-4-9-29/h6-7,14-15H,4-5,8-13H2,1-3H3/b28-21-. The van der Waals surface area contributed by atoms with Crippen LogP contribution in [0.5, 0.6) is 0 Å². The van der Waals surface area contributed by atoms with Gasteiger partial charge in [-0.3, -0.25) is 4.79 Å². The Labute approximate surface area is 205 Å². The SMILES string of the molecule is CC(C)(C)c1cn(CCOC(=O)N2CCC2)/c(=N/C(=O)c2cc(C(F)(F)F)ccc2N2CCC2)s1. The zero-order valence-electron chi connectivity index (χ0n) is 20.0. The van der Waals surface area contributed by atoms with Gasteiger partial charge in [0.15, 0.2) is 4.80 Å². The Morgan fingerprint density at radius 2 is 1.77 bits per heavy atom. The maximum Gasteiger partial charge on any atom is 0.416 e. The van der Waals surface area contributed by atoms with Crippen LogP contribution in [0.1, 0.15) is 54.4 Å². The molecule has 0 radical (unpaired) electrons. The summed E-state index contributed by atoms with van der Waals surface area (Å²) in [7, 11) is 0. The third-order valence-corrected chi connectivity index (χ3v) is 7.53. The molecule has 1 aromatic heterocycles. The minimum atomic E-state index is -4.56. The third kappa shape index (κ3) is 5.71. The lowest BCUT2D eigenvalue weighted by atomic mass is 9.95. The van der Waals surface area contributed by atoms with Gasteiger partial charge in [0, 0.05) is 42.9 Å². The summed E-state index contributed by atoms with van der Waals surface area (Å²) < 4.78 is 47.2. The van der Waals surface area contributed by atoms with E-state index in [2.05, 4.69) is 4.99 Å². The lowest BCUT2D eigenvalue weighted by Crippen LogP contribution is -2.42. The topological polar surface area (TPSA) is 67.1 Å². The number of alkyl halides is 3. The van der Waals surface area contributed by atoms with Gasteiger partial charge in [-0.15, -0.1) is 11.3 Å². The van der Waals surface area contributed by atoms with E-state index in [9.17, 15) is 22.8 Å². The van der Waals surface area contributed by atoms with E-state index in [1.165, 1.54) is 17.4 Å². The third-order valence-electron chi connectivity index (χ3n) is 6.08. The van der Waals surface area contributed by atoms with Crippen molar-refractivity contribution < 1.29 is 27.5 Å². The number of anilines is 1. The highest BCUT2D eigenvalue weighted by Gasteiger charge is 2.33. The number of thiazole rings is 1. The average molecular weight is 511 g/mol. The van der Waals surface area contributed by atoms with Crippen molar-refractivity contribution in [3.63, 3.8) is 0 Å². The van der Waals surface area contributed by atoms with Crippen molar-refractivity contribution >= 4 is 29.0 Å². The van der Waals surface area contributed by atoms with E-state index in [-0.39, 0.29) is 30.2 Å². The first-order chi connectivity index (χ1) is 16.4. The first kappa shape index (κ1) is 25.3. The highest BCUT2D eigenvalue weighted by atomic mass is 32.1. The summed E-state index contributed by atoms with van der Waals surface area (Å²) in [4.78, 5) is 34.3. The second-order valence-electron chi connectivity index (χ2n) is 9.76. The lowest BCUT2D eigenvalue weighted by Gasteiger charge is -2.34. The molecule has 11 heteroatoms. The molecular formula is C24H29F3N4O3S. The van der Waals surface area contributed by atoms with Crippen LogP contribution in [0.3, 0.4) is 0 Å². The van der Waals surface area contributed by atoms with Gasteiger partial charge in [0.05, 0.1) is 17.7 Å². The normalized spacial score (nSPS) is 16.7. The van der Waals surface area contributed by atoms with Crippen LogP contribution in [0.4, 0.5) is 23.7 Å². The molecule has 0 unspecified atom stereocenters. The molecule has 3 heterocycles. The van der Waals surface area contributed by atoms with Crippen LogP contribution in [0.25, 0.3) is 0 Å². The molecule has 2 aromatic rings. The molecule has 0 aliphatic carbocycles. The van der Waals surface area contributed by atoms with Gasteiger partial charge in [-0.05, 0) is 36.5 Å². The van der Waals surface area contributed by atoms with Crippen LogP contribution in [0, 0.1) is 0 Å². The molecule has 0 bridgehead atoms. The molecule has 4 rings (SSSR count). The van der Waals surface area contributed by atoms with Crippen LogP contribution >= 0.6 is 11.3 Å². The van der Waals surface area contributed by atoms with Crippen molar-refractivity contribution in [2.45, 2.75) is 51.7 Å². The molecule has 0 N–H and O–H groups in total. The number of amides is 2. The monoisotopic (exact) mass is 510 g/mol. The number of hydrogen-bond acceptors (Lipinski definition) is 5. The van der Waals surface area contributed by atoms with Crippen molar-refractivity contribution in [1.29, 1.82) is 0 Å². The Morgan fingerprint density at radius 3 is 2.31 bits per heavy atom. The second-order valence-corrected chi connectivity index (χ2v) is 10.8. The Bertz CT molecular complexity index is 1170. The number of nitrogens with zero attached hydrogens (tertiary/aromatic N) is 4. The number of hydrogen-bond donors (Lipinski definition) is 0. The highest BCUT2D eigenvalue weighted by molar-refractivity contribution is 7.09. The van der Waals surface area contributed by atoms with Gasteiger partial charge >= 0.3 is 12.3 Å². The summed E-state index contributed by atoms with van der Waals surface area (Å²) in [6, 6.07) is 3.24. The fourth-order valence-electron chi connectivity index (χ4n) is 3.66. The van der Waals surface area contributed by atoms with Gasteiger partial charge in [0.2, 0.25) is 0 Å². The number of likely N-dealkylation sites (tertiary alicyclic amines) is 1. The van der Waals surface area contributed by atoms with Gasteiger partial charge in [-0.2, -0.15) is 18.2 Å². The predicted molar refractivity (Wildman–Crippen MR) is 127 cm³/mol. The molecule has 2 aliphatic rings. The summed E-state index contributed by atoms with van der Waals surface area (Å²) in [5, 5.41) is 0. The van der Waals surface area contributed by atoms with E-state index < -0.39 is 17.6 Å². The molecule has 1 aromatic carbocycles. The van der Waals surface area contributed by atoms with Gasteiger partial charge in [0.25, 0.3) is 5.91 Å². The van der Waals surface area contributed by atoms with E-state index >= 15 is 0 Å². The summed E-state index contributed by atoms with van der Waals surface area (Å²) in [5.41, 5.74) is -0.717. The van der Waals surface area contributed by atoms with Crippen LogP contribution < -0.4 is 9.70 Å². The molecule has 2 amide bonds. The number of rotatable bonds is 5. The number of halogens is 3. The lowest BCUT2D eigenvalue weighted by molar-refractivity contribution is -0.137. The van der Waals surface area contributed by atoms with E-state index in [4.69, 9.17) is 4.74 Å². The predicted octanol–water partition coefficient (Wildman–Crippen LogP) is 4.66. The molecule has 0 saturated carbocycles. The second kappa shape index (κ2) is 9.67. The van der Waals surface area contributed by atoms with E-state index in [1.54, 1.807) is 9.47 Å². The van der Waals surface area contributed by atoms with Gasteiger partial charge in [-0.1, -0.05) is 20.8 Å². The van der Waals surface area contributed by atoms with E-state index in [0.29, 0.717) is 36.7 Å². The molecule has 0 atom stereocenters. The minimum absolute atomic E-state index is 0.0685. The minimum Gasteiger partial charge on any atom is -0.448 e. The Balaban J connectivity index is 1.65. The number of carbonyl (C=O) groups is 2. The molecule has 7 nitrogen and oxygen atoms in total. The van der Waals surface area contributed by atoms with Gasteiger partial charge in [-0.25, -0.2) is 4.79 Å². The molecular weight excluding hydrogens is 481 g/mol. The maximum atomic E-state index is 13.4. The number of benzene rings is 1. The van der Waals surface area contributed by atoms with Crippen molar-refractivity contribution in [2.75, 3.05) is 37.7 Å². The van der Waals surface area contributed by atoms with Crippen LogP contribution in [-0.2, 0) is 22.9 Å². The van der Waals surface area contributed by atoms with Crippen LogP contribution in [-0.4, -0.2) is 54.3 Å². The van der Waals surface area contributed by atoms with Crippen molar-refractivity contribution in [3.8, 4) is 0 Å². The molecule has 35 heavy (non-hydrogen) atoms. The first-order valence-electron chi connectivity index (χ1n) is 11.6. The summed E-state index contributed by atoms with van der Waals surface area (Å²) in [5.74, 6) is -0.730. The number of carbonyl (C=O) groups excluding carboxylic acids is 2. The quantitative estimate of drug-likeness (QED) is 0.587.